The topological polar surface area (TPSA) is 63.3 Å². The number of hydrogen-bond donors (Lipinski definition) is 2. The van der Waals surface area contributed by atoms with Crippen molar-refractivity contribution in [2.75, 3.05) is 19.5 Å². The Labute approximate surface area is 157 Å². The largest absolute Gasteiger partial charge is 0.495 e. The number of H-pyrrole nitrogens is 1. The van der Waals surface area contributed by atoms with Crippen molar-refractivity contribution >= 4 is 34.1 Å². The number of para-hydroxylation sites is 1. The molecule has 0 aliphatic carbocycles. The highest BCUT2D eigenvalue weighted by atomic mass is 35.5. The fraction of sp³-hybridized carbons (Fsp3) is 0.250. The van der Waals surface area contributed by atoms with Gasteiger partial charge in [-0.05, 0) is 25.5 Å². The summed E-state index contributed by atoms with van der Waals surface area (Å²) in [7, 11) is 3.05. The first-order valence-corrected chi connectivity index (χ1v) is 8.56. The average molecular weight is 373 g/mol. The normalized spacial score (nSPS) is 11.4. The summed E-state index contributed by atoms with van der Waals surface area (Å²) in [4.78, 5) is 16.3. The Hall–Kier alpha value is -2.66. The molecule has 3 rings (SSSR count). The number of hydrogen-bond acceptors (Lipinski definition) is 3. The number of amides is 1. The molecule has 0 aliphatic rings. The summed E-state index contributed by atoms with van der Waals surface area (Å²) in [6.45, 7) is 3.77. The van der Waals surface area contributed by atoms with E-state index < -0.39 is 5.41 Å². The highest BCUT2D eigenvalue weighted by Crippen LogP contribution is 2.37. The highest BCUT2D eigenvalue weighted by Gasteiger charge is 2.33. The Kier molecular flexibility index (Phi) is 4.83. The zero-order chi connectivity index (χ0) is 18.9. The highest BCUT2D eigenvalue weighted by molar-refractivity contribution is 6.32. The molecule has 6 heteroatoms. The fourth-order valence-electron chi connectivity index (χ4n) is 2.95. The molecule has 1 aromatic heterocycles. The van der Waals surface area contributed by atoms with Crippen LogP contribution in [0.25, 0.3) is 10.9 Å². The van der Waals surface area contributed by atoms with Crippen LogP contribution in [0.3, 0.4) is 0 Å². The van der Waals surface area contributed by atoms with E-state index in [1.54, 1.807) is 12.1 Å². The summed E-state index contributed by atoms with van der Waals surface area (Å²) >= 11 is 6.13. The van der Waals surface area contributed by atoms with Crippen LogP contribution < -0.4 is 14.8 Å². The van der Waals surface area contributed by atoms with Crippen molar-refractivity contribution in [3.05, 3.63) is 53.2 Å². The van der Waals surface area contributed by atoms with Crippen molar-refractivity contribution in [2.24, 2.45) is 0 Å². The predicted molar refractivity (Wildman–Crippen MR) is 105 cm³/mol. The number of ether oxygens (including phenoxy) is 2. The van der Waals surface area contributed by atoms with E-state index in [1.807, 2.05) is 44.3 Å². The maximum Gasteiger partial charge on any atom is 0.234 e. The second-order valence-electron chi connectivity index (χ2n) is 6.51. The lowest BCUT2D eigenvalue weighted by Gasteiger charge is -2.24. The van der Waals surface area contributed by atoms with Gasteiger partial charge < -0.3 is 19.8 Å². The van der Waals surface area contributed by atoms with Crippen molar-refractivity contribution < 1.29 is 14.3 Å². The third-order valence-electron chi connectivity index (χ3n) is 4.55. The van der Waals surface area contributed by atoms with E-state index in [9.17, 15) is 4.79 Å². The third kappa shape index (κ3) is 3.10. The van der Waals surface area contributed by atoms with Crippen LogP contribution in [0.5, 0.6) is 11.5 Å². The molecule has 0 unspecified atom stereocenters. The molecule has 0 saturated heterocycles. The second-order valence-corrected chi connectivity index (χ2v) is 6.92. The minimum Gasteiger partial charge on any atom is -0.495 e. The van der Waals surface area contributed by atoms with E-state index in [2.05, 4.69) is 10.3 Å². The van der Waals surface area contributed by atoms with Crippen LogP contribution in [0.1, 0.15) is 19.4 Å². The fourth-order valence-corrected chi connectivity index (χ4v) is 3.18. The smallest absolute Gasteiger partial charge is 0.234 e. The lowest BCUT2D eigenvalue weighted by molar-refractivity contribution is -0.120. The molecule has 0 fully saturated rings. The Morgan fingerprint density at radius 3 is 2.50 bits per heavy atom. The van der Waals surface area contributed by atoms with E-state index in [4.69, 9.17) is 21.1 Å². The number of halogens is 1. The van der Waals surface area contributed by atoms with E-state index >= 15 is 0 Å². The molecule has 0 bridgehead atoms. The van der Waals surface area contributed by atoms with Crippen molar-refractivity contribution in [1.82, 2.24) is 4.98 Å². The first-order chi connectivity index (χ1) is 12.4. The summed E-state index contributed by atoms with van der Waals surface area (Å²) < 4.78 is 10.6. The van der Waals surface area contributed by atoms with Crippen LogP contribution in [0.2, 0.25) is 5.02 Å². The number of nitrogens with one attached hydrogen (secondary N) is 2. The Balaban J connectivity index is 1.96. The van der Waals surface area contributed by atoms with Crippen molar-refractivity contribution in [3.63, 3.8) is 0 Å². The molecule has 136 valence electrons. The molecule has 26 heavy (non-hydrogen) atoms. The monoisotopic (exact) mass is 372 g/mol. The maximum absolute atomic E-state index is 13.1. The van der Waals surface area contributed by atoms with E-state index in [0.29, 0.717) is 22.2 Å². The van der Waals surface area contributed by atoms with Gasteiger partial charge in [-0.25, -0.2) is 0 Å². The number of methoxy groups -OCH3 is 2. The van der Waals surface area contributed by atoms with E-state index in [0.717, 1.165) is 16.5 Å². The van der Waals surface area contributed by atoms with Crippen LogP contribution in [-0.2, 0) is 10.2 Å². The molecule has 0 aliphatic heterocycles. The number of aromatic nitrogens is 1. The van der Waals surface area contributed by atoms with Crippen LogP contribution in [0.4, 0.5) is 5.69 Å². The van der Waals surface area contributed by atoms with Crippen LogP contribution in [0, 0.1) is 0 Å². The van der Waals surface area contributed by atoms with Gasteiger partial charge in [-0.2, -0.15) is 0 Å². The Bertz CT molecular complexity index is 963. The quantitative estimate of drug-likeness (QED) is 0.679. The number of benzene rings is 2. The molecule has 2 N–H and O–H groups in total. The zero-order valence-electron chi connectivity index (χ0n) is 15.1. The van der Waals surface area contributed by atoms with Gasteiger partial charge in [0.1, 0.15) is 11.5 Å². The van der Waals surface area contributed by atoms with Crippen molar-refractivity contribution in [1.29, 1.82) is 0 Å². The SMILES string of the molecule is COc1cc(NC(=O)C(C)(C)c2c[nH]c3ccccc23)c(OC)cc1Cl. The van der Waals surface area contributed by atoms with Gasteiger partial charge in [-0.1, -0.05) is 29.8 Å². The Morgan fingerprint density at radius 1 is 1.12 bits per heavy atom. The van der Waals surface area contributed by atoms with Crippen LogP contribution >= 0.6 is 11.6 Å². The molecule has 0 saturated carbocycles. The number of carbonyl (C=O) groups excluding carboxylic acids is 1. The molecule has 0 atom stereocenters. The summed E-state index contributed by atoms with van der Waals surface area (Å²) in [5.74, 6) is 0.775. The maximum atomic E-state index is 13.1. The molecule has 0 radical (unpaired) electrons. The first kappa shape index (κ1) is 18.1. The minimum atomic E-state index is -0.766. The van der Waals surface area contributed by atoms with Gasteiger partial charge in [0.2, 0.25) is 5.91 Å². The molecule has 0 spiro atoms. The minimum absolute atomic E-state index is 0.162. The molecule has 1 heterocycles. The molecular weight excluding hydrogens is 352 g/mol. The van der Waals surface area contributed by atoms with Crippen LogP contribution in [0.15, 0.2) is 42.6 Å². The zero-order valence-corrected chi connectivity index (χ0v) is 15.9. The molecule has 3 aromatic rings. The van der Waals surface area contributed by atoms with Gasteiger partial charge in [0, 0.05) is 29.2 Å². The van der Waals surface area contributed by atoms with Gasteiger partial charge in [-0.15, -0.1) is 0 Å². The van der Waals surface area contributed by atoms with Crippen LogP contribution in [-0.4, -0.2) is 25.1 Å². The second kappa shape index (κ2) is 6.92. The van der Waals surface area contributed by atoms with Gasteiger partial charge in [-0.3, -0.25) is 4.79 Å². The van der Waals surface area contributed by atoms with Gasteiger partial charge in [0.15, 0.2) is 0 Å². The van der Waals surface area contributed by atoms with E-state index in [-0.39, 0.29) is 5.91 Å². The standard InChI is InChI=1S/C20H21ClN2O3/c1-20(2,13-11-22-15-8-6-5-7-12(13)15)19(24)23-16-10-17(25-3)14(21)9-18(16)26-4/h5-11,22H,1-4H3,(H,23,24). The van der Waals surface area contributed by atoms with Gasteiger partial charge >= 0.3 is 0 Å². The number of carbonyl (C=O) groups is 1. The third-order valence-corrected chi connectivity index (χ3v) is 4.85. The summed E-state index contributed by atoms with van der Waals surface area (Å²) in [5.41, 5.74) is 1.66. The van der Waals surface area contributed by atoms with Gasteiger partial charge in [0.25, 0.3) is 0 Å². The summed E-state index contributed by atoms with van der Waals surface area (Å²) in [6, 6.07) is 11.2. The lowest BCUT2D eigenvalue weighted by Crippen LogP contribution is -2.34. The van der Waals surface area contributed by atoms with Crippen molar-refractivity contribution in [2.45, 2.75) is 19.3 Å². The number of fused-ring (bicyclic) bond motifs is 1. The van der Waals surface area contributed by atoms with Crippen molar-refractivity contribution in [3.8, 4) is 11.5 Å². The number of rotatable bonds is 5. The molecule has 2 aromatic carbocycles. The molecular formula is C20H21ClN2O3. The van der Waals surface area contributed by atoms with E-state index in [1.165, 1.54) is 14.2 Å². The average Bonchev–Trinajstić information content (AvgIpc) is 3.07. The van der Waals surface area contributed by atoms with Gasteiger partial charge in [0.05, 0.1) is 30.3 Å². The first-order valence-electron chi connectivity index (χ1n) is 8.18. The Morgan fingerprint density at radius 2 is 1.81 bits per heavy atom. The lowest BCUT2D eigenvalue weighted by atomic mass is 9.83. The molecule has 1 amide bonds. The summed E-state index contributed by atoms with van der Waals surface area (Å²) in [6.07, 6.45) is 1.88. The molecule has 5 nitrogen and oxygen atoms in total. The number of anilines is 1. The number of aromatic amines is 1. The predicted octanol–water partition coefficient (Wildman–Crippen LogP) is 4.75. The summed E-state index contributed by atoms with van der Waals surface area (Å²) in [5, 5.41) is 4.38.